The van der Waals surface area contributed by atoms with E-state index in [1.54, 1.807) is 0 Å². The fourth-order valence-electron chi connectivity index (χ4n) is 3.00. The fraction of sp³-hybridized carbons (Fsp3) is 0.533. The van der Waals surface area contributed by atoms with Crippen LogP contribution in [0.25, 0.3) is 0 Å². The zero-order chi connectivity index (χ0) is 13.2. The van der Waals surface area contributed by atoms with Crippen molar-refractivity contribution in [1.29, 1.82) is 0 Å². The second kappa shape index (κ2) is 5.21. The summed E-state index contributed by atoms with van der Waals surface area (Å²) < 4.78 is 0. The van der Waals surface area contributed by atoms with Gasteiger partial charge in [-0.1, -0.05) is 0 Å². The van der Waals surface area contributed by atoms with Gasteiger partial charge in [0.1, 0.15) is 0 Å². The number of likely N-dealkylation sites (tertiary alicyclic amines) is 1. The number of hydrogen-bond acceptors (Lipinski definition) is 3. The molecule has 2 N–H and O–H groups in total. The van der Waals surface area contributed by atoms with Gasteiger partial charge in [-0.2, -0.15) is 0 Å². The third-order valence-corrected chi connectivity index (χ3v) is 4.04. The van der Waals surface area contributed by atoms with E-state index in [9.17, 15) is 4.79 Å². The first-order valence-corrected chi connectivity index (χ1v) is 7.08. The molecule has 1 amide bonds. The Morgan fingerprint density at radius 3 is 3.21 bits per heavy atom. The molecule has 1 unspecified atom stereocenters. The highest BCUT2D eigenvalue weighted by molar-refractivity contribution is 5.95. The Labute approximate surface area is 114 Å². The van der Waals surface area contributed by atoms with Gasteiger partial charge in [0, 0.05) is 30.4 Å². The van der Waals surface area contributed by atoms with E-state index in [-0.39, 0.29) is 11.9 Å². The van der Waals surface area contributed by atoms with Crippen molar-refractivity contribution in [2.45, 2.75) is 25.3 Å². The van der Waals surface area contributed by atoms with E-state index in [0.29, 0.717) is 0 Å². The van der Waals surface area contributed by atoms with E-state index in [2.05, 4.69) is 22.6 Å². The Balaban J connectivity index is 1.67. The molecule has 1 fully saturated rings. The van der Waals surface area contributed by atoms with Crippen molar-refractivity contribution in [2.75, 3.05) is 32.0 Å². The van der Waals surface area contributed by atoms with Crippen LogP contribution in [0.5, 0.6) is 0 Å². The number of likely N-dealkylation sites (N-methyl/N-ethyl adjacent to an activating group) is 1. The number of nitrogens with one attached hydrogen (secondary N) is 2. The third-order valence-electron chi connectivity index (χ3n) is 4.04. The number of carbonyl (C=O) groups is 1. The Bertz CT molecular complexity index is 486. The molecule has 2 aliphatic rings. The summed E-state index contributed by atoms with van der Waals surface area (Å²) in [6, 6.07) is 6.25. The predicted octanol–water partition coefficient (Wildman–Crippen LogP) is 1.48. The largest absolute Gasteiger partial charge is 0.384 e. The van der Waals surface area contributed by atoms with Gasteiger partial charge in [-0.25, -0.2) is 0 Å². The summed E-state index contributed by atoms with van der Waals surface area (Å²) >= 11 is 0. The first-order valence-electron chi connectivity index (χ1n) is 7.08. The molecule has 4 nitrogen and oxygen atoms in total. The smallest absolute Gasteiger partial charge is 0.251 e. The number of nitrogens with zero attached hydrogens (tertiary/aromatic N) is 1. The number of anilines is 1. The van der Waals surface area contributed by atoms with Gasteiger partial charge in [-0.05, 0) is 56.6 Å². The van der Waals surface area contributed by atoms with Gasteiger partial charge in [0.05, 0.1) is 0 Å². The van der Waals surface area contributed by atoms with Crippen LogP contribution >= 0.6 is 0 Å². The van der Waals surface area contributed by atoms with Crippen LogP contribution < -0.4 is 10.6 Å². The molecule has 102 valence electrons. The molecule has 0 saturated carbocycles. The molecule has 2 aliphatic heterocycles. The summed E-state index contributed by atoms with van der Waals surface area (Å²) in [7, 11) is 2.11. The average Bonchev–Trinajstić information content (AvgIpc) is 2.85. The molecule has 4 heteroatoms. The quantitative estimate of drug-likeness (QED) is 0.845. The molecule has 0 spiro atoms. The second-order valence-corrected chi connectivity index (χ2v) is 5.62. The summed E-state index contributed by atoms with van der Waals surface area (Å²) in [5.41, 5.74) is 3.22. The highest BCUT2D eigenvalue weighted by Crippen LogP contribution is 2.23. The molecule has 0 bridgehead atoms. The Morgan fingerprint density at radius 2 is 2.37 bits per heavy atom. The highest BCUT2D eigenvalue weighted by Gasteiger charge is 2.20. The van der Waals surface area contributed by atoms with Crippen molar-refractivity contribution in [3.05, 3.63) is 29.3 Å². The monoisotopic (exact) mass is 259 g/mol. The van der Waals surface area contributed by atoms with E-state index in [1.165, 1.54) is 11.3 Å². The number of hydrogen-bond donors (Lipinski definition) is 2. The first kappa shape index (κ1) is 12.5. The predicted molar refractivity (Wildman–Crippen MR) is 76.6 cm³/mol. The van der Waals surface area contributed by atoms with Crippen molar-refractivity contribution in [3.8, 4) is 0 Å². The summed E-state index contributed by atoms with van der Waals surface area (Å²) in [6.07, 6.45) is 3.26. The maximum absolute atomic E-state index is 12.3. The molecule has 1 aromatic rings. The number of piperidine rings is 1. The van der Waals surface area contributed by atoms with E-state index >= 15 is 0 Å². The number of carbonyl (C=O) groups excluding carboxylic acids is 1. The lowest BCUT2D eigenvalue weighted by molar-refractivity contribution is 0.0912. The third kappa shape index (κ3) is 2.73. The Kier molecular flexibility index (Phi) is 3.42. The second-order valence-electron chi connectivity index (χ2n) is 5.62. The fourth-order valence-corrected chi connectivity index (χ4v) is 3.00. The van der Waals surface area contributed by atoms with Gasteiger partial charge in [0.2, 0.25) is 0 Å². The molecular weight excluding hydrogens is 238 g/mol. The minimum absolute atomic E-state index is 0.0648. The molecule has 1 saturated heterocycles. The average molecular weight is 259 g/mol. The van der Waals surface area contributed by atoms with Crippen LogP contribution in [-0.2, 0) is 6.42 Å². The SMILES string of the molecule is CN1CCCC(NC(=O)c2ccc3c(c2)CCN3)C1. The van der Waals surface area contributed by atoms with Crippen LogP contribution in [0.15, 0.2) is 18.2 Å². The molecule has 3 rings (SSSR count). The lowest BCUT2D eigenvalue weighted by Crippen LogP contribution is -2.46. The summed E-state index contributed by atoms with van der Waals surface area (Å²) in [5, 5.41) is 6.47. The van der Waals surface area contributed by atoms with Crippen LogP contribution in [0, 0.1) is 0 Å². The standard InChI is InChI=1S/C15H21N3O/c1-18-8-2-3-13(10-18)17-15(19)12-4-5-14-11(9-12)6-7-16-14/h4-5,9,13,16H,2-3,6-8,10H2,1H3,(H,17,19). The zero-order valence-electron chi connectivity index (χ0n) is 11.4. The normalized spacial score (nSPS) is 22.7. The molecular formula is C15H21N3O. The lowest BCUT2D eigenvalue weighted by atomic mass is 10.0. The summed E-state index contributed by atoms with van der Waals surface area (Å²) in [5.74, 6) is 0.0648. The van der Waals surface area contributed by atoms with Crippen molar-refractivity contribution in [3.63, 3.8) is 0 Å². The maximum atomic E-state index is 12.3. The molecule has 1 atom stereocenters. The van der Waals surface area contributed by atoms with Crippen molar-refractivity contribution < 1.29 is 4.79 Å². The van der Waals surface area contributed by atoms with Gasteiger partial charge in [-0.3, -0.25) is 4.79 Å². The van der Waals surface area contributed by atoms with Gasteiger partial charge in [-0.15, -0.1) is 0 Å². The molecule has 2 heterocycles. The molecule has 19 heavy (non-hydrogen) atoms. The number of rotatable bonds is 2. The van der Waals surface area contributed by atoms with E-state index in [0.717, 1.165) is 44.5 Å². The van der Waals surface area contributed by atoms with Gasteiger partial charge < -0.3 is 15.5 Å². The van der Waals surface area contributed by atoms with E-state index in [1.807, 2.05) is 18.2 Å². The molecule has 1 aromatic carbocycles. The van der Waals surface area contributed by atoms with E-state index < -0.39 is 0 Å². The summed E-state index contributed by atoms with van der Waals surface area (Å²) in [6.45, 7) is 3.07. The van der Waals surface area contributed by atoms with Crippen molar-refractivity contribution in [1.82, 2.24) is 10.2 Å². The lowest BCUT2D eigenvalue weighted by Gasteiger charge is -2.30. The minimum atomic E-state index is 0.0648. The topological polar surface area (TPSA) is 44.4 Å². The minimum Gasteiger partial charge on any atom is -0.384 e. The van der Waals surface area contributed by atoms with Gasteiger partial charge in [0.25, 0.3) is 5.91 Å². The number of fused-ring (bicyclic) bond motifs is 1. The molecule has 0 radical (unpaired) electrons. The van der Waals surface area contributed by atoms with Crippen LogP contribution in [0.4, 0.5) is 5.69 Å². The van der Waals surface area contributed by atoms with E-state index in [4.69, 9.17) is 0 Å². The van der Waals surface area contributed by atoms with Crippen LogP contribution in [0.1, 0.15) is 28.8 Å². The van der Waals surface area contributed by atoms with Crippen LogP contribution in [-0.4, -0.2) is 43.5 Å². The maximum Gasteiger partial charge on any atom is 0.251 e. The van der Waals surface area contributed by atoms with Crippen molar-refractivity contribution >= 4 is 11.6 Å². The molecule has 0 aromatic heterocycles. The highest BCUT2D eigenvalue weighted by atomic mass is 16.1. The first-order chi connectivity index (χ1) is 9.22. The Hall–Kier alpha value is -1.55. The van der Waals surface area contributed by atoms with Crippen LogP contribution in [0.3, 0.4) is 0 Å². The van der Waals surface area contributed by atoms with Gasteiger partial charge >= 0.3 is 0 Å². The van der Waals surface area contributed by atoms with Crippen LogP contribution in [0.2, 0.25) is 0 Å². The summed E-state index contributed by atoms with van der Waals surface area (Å²) in [4.78, 5) is 14.5. The van der Waals surface area contributed by atoms with Gasteiger partial charge in [0.15, 0.2) is 0 Å². The number of benzene rings is 1. The molecule has 0 aliphatic carbocycles. The number of amides is 1. The van der Waals surface area contributed by atoms with Crippen molar-refractivity contribution in [2.24, 2.45) is 0 Å². The Morgan fingerprint density at radius 1 is 1.47 bits per heavy atom. The zero-order valence-corrected chi connectivity index (χ0v) is 11.4.